The van der Waals surface area contributed by atoms with Gasteiger partial charge in [0.2, 0.25) is 0 Å². The molecule has 0 aliphatic carbocycles. The molecular weight excluding hydrogens is 466 g/mol. The number of anilines is 1. The molecule has 3 rings (SSSR count). The molecule has 3 aromatic heterocycles. The maximum atomic E-state index is 13.0. The van der Waals surface area contributed by atoms with Crippen LogP contribution in [-0.4, -0.2) is 38.7 Å². The smallest absolute Gasteiger partial charge is 0.368 e. The van der Waals surface area contributed by atoms with Gasteiger partial charge in [-0.2, -0.15) is 31.4 Å². The number of carbonyl (C=O) groups excluding carboxylic acids is 1. The summed E-state index contributed by atoms with van der Waals surface area (Å²) < 4.78 is 78.8. The maximum Gasteiger partial charge on any atom is 0.419 e. The van der Waals surface area contributed by atoms with Crippen molar-refractivity contribution in [1.29, 1.82) is 0 Å². The standard InChI is InChI=1S/C21H20F6N6O/c1-12(2)17-14(11-32-33(17)16-6-5-13(10-31-16)20(22,23)24)19(34)30-9-8-29-18-15(21(25,26)27)4-3-7-28-18/h3-7,10-12H,8-9H2,1-2H3,(H,28,29)(H,30,34). The van der Waals surface area contributed by atoms with Crippen LogP contribution >= 0.6 is 0 Å². The van der Waals surface area contributed by atoms with E-state index in [0.29, 0.717) is 11.9 Å². The summed E-state index contributed by atoms with van der Waals surface area (Å²) in [5.74, 6) is -1.03. The highest BCUT2D eigenvalue weighted by Gasteiger charge is 2.34. The minimum atomic E-state index is -4.58. The van der Waals surface area contributed by atoms with Gasteiger partial charge >= 0.3 is 12.4 Å². The molecule has 3 heterocycles. The monoisotopic (exact) mass is 486 g/mol. The van der Waals surface area contributed by atoms with Crippen LogP contribution in [-0.2, 0) is 12.4 Å². The fourth-order valence-electron chi connectivity index (χ4n) is 3.18. The van der Waals surface area contributed by atoms with E-state index in [0.717, 1.165) is 18.2 Å². The molecule has 0 fully saturated rings. The third-order valence-electron chi connectivity index (χ3n) is 4.71. The van der Waals surface area contributed by atoms with Crippen molar-refractivity contribution in [1.82, 2.24) is 25.1 Å². The summed E-state index contributed by atoms with van der Waals surface area (Å²) in [6.07, 6.45) is -5.95. The van der Waals surface area contributed by atoms with Crippen LogP contribution in [0.1, 0.15) is 46.9 Å². The lowest BCUT2D eigenvalue weighted by molar-refractivity contribution is -0.138. The number of nitrogens with zero attached hydrogens (tertiary/aromatic N) is 4. The van der Waals surface area contributed by atoms with E-state index in [9.17, 15) is 31.1 Å². The number of aromatic nitrogens is 4. The first-order valence-corrected chi connectivity index (χ1v) is 10.1. The summed E-state index contributed by atoms with van der Waals surface area (Å²) >= 11 is 0. The second-order valence-electron chi connectivity index (χ2n) is 7.49. The zero-order valence-electron chi connectivity index (χ0n) is 18.0. The van der Waals surface area contributed by atoms with Crippen LogP contribution in [0.25, 0.3) is 5.82 Å². The quantitative estimate of drug-likeness (QED) is 0.375. The van der Waals surface area contributed by atoms with E-state index in [2.05, 4.69) is 25.7 Å². The van der Waals surface area contributed by atoms with E-state index < -0.39 is 29.4 Å². The lowest BCUT2D eigenvalue weighted by Crippen LogP contribution is -2.30. The molecule has 1 amide bonds. The van der Waals surface area contributed by atoms with Gasteiger partial charge in [0.25, 0.3) is 5.91 Å². The normalized spacial score (nSPS) is 12.1. The first kappa shape index (κ1) is 25.0. The summed E-state index contributed by atoms with van der Waals surface area (Å²) in [7, 11) is 0. The molecule has 0 aliphatic heterocycles. The van der Waals surface area contributed by atoms with Crippen LogP contribution in [0.5, 0.6) is 0 Å². The van der Waals surface area contributed by atoms with E-state index in [1.54, 1.807) is 13.8 Å². The van der Waals surface area contributed by atoms with E-state index in [4.69, 9.17) is 0 Å². The maximum absolute atomic E-state index is 13.0. The molecule has 3 aromatic rings. The summed E-state index contributed by atoms with van der Waals surface area (Å²) in [6.45, 7) is 3.50. The van der Waals surface area contributed by atoms with Crippen LogP contribution in [0.3, 0.4) is 0 Å². The molecule has 0 aromatic carbocycles. The molecule has 0 radical (unpaired) electrons. The third-order valence-corrected chi connectivity index (χ3v) is 4.71. The highest BCUT2D eigenvalue weighted by molar-refractivity contribution is 5.95. The topological polar surface area (TPSA) is 84.7 Å². The van der Waals surface area contributed by atoms with Gasteiger partial charge in [-0.1, -0.05) is 13.8 Å². The van der Waals surface area contributed by atoms with Gasteiger partial charge in [0, 0.05) is 25.5 Å². The molecular formula is C21H20F6N6O. The molecule has 0 bridgehead atoms. The van der Waals surface area contributed by atoms with Crippen molar-refractivity contribution < 1.29 is 31.1 Å². The SMILES string of the molecule is CC(C)c1c(C(=O)NCCNc2ncccc2C(F)(F)F)cnn1-c1ccc(C(F)(F)F)cn1. The average molecular weight is 486 g/mol. The predicted molar refractivity (Wildman–Crippen MR) is 111 cm³/mol. The van der Waals surface area contributed by atoms with Gasteiger partial charge in [0.05, 0.1) is 28.6 Å². The zero-order valence-corrected chi connectivity index (χ0v) is 18.0. The van der Waals surface area contributed by atoms with Gasteiger partial charge in [-0.25, -0.2) is 14.6 Å². The zero-order chi connectivity index (χ0) is 25.1. The number of hydrogen-bond donors (Lipinski definition) is 2. The fourth-order valence-corrected chi connectivity index (χ4v) is 3.18. The Labute approximate surface area is 190 Å². The van der Waals surface area contributed by atoms with E-state index in [-0.39, 0.29) is 36.2 Å². The van der Waals surface area contributed by atoms with Gasteiger partial charge in [0.1, 0.15) is 5.82 Å². The van der Waals surface area contributed by atoms with E-state index in [1.807, 2.05) is 0 Å². The number of pyridine rings is 2. The average Bonchev–Trinajstić information content (AvgIpc) is 3.21. The number of hydrogen-bond acceptors (Lipinski definition) is 5. The Morgan fingerprint density at radius 2 is 1.74 bits per heavy atom. The second kappa shape index (κ2) is 9.69. The van der Waals surface area contributed by atoms with Gasteiger partial charge in [-0.3, -0.25) is 4.79 Å². The van der Waals surface area contributed by atoms with Gasteiger partial charge in [-0.05, 0) is 30.2 Å². The number of carbonyl (C=O) groups is 1. The number of amides is 1. The van der Waals surface area contributed by atoms with Crippen molar-refractivity contribution in [2.75, 3.05) is 18.4 Å². The van der Waals surface area contributed by atoms with Crippen molar-refractivity contribution >= 4 is 11.7 Å². The number of alkyl halides is 6. The van der Waals surface area contributed by atoms with Crippen molar-refractivity contribution in [3.05, 3.63) is 65.2 Å². The molecule has 7 nitrogen and oxygen atoms in total. The van der Waals surface area contributed by atoms with Crippen LogP contribution in [0, 0.1) is 0 Å². The van der Waals surface area contributed by atoms with Crippen molar-refractivity contribution in [3.63, 3.8) is 0 Å². The third kappa shape index (κ3) is 5.64. The Hall–Kier alpha value is -3.64. The molecule has 0 saturated heterocycles. The summed E-state index contributed by atoms with van der Waals surface area (Å²) in [5, 5.41) is 9.22. The van der Waals surface area contributed by atoms with E-state index >= 15 is 0 Å². The molecule has 0 spiro atoms. The molecule has 0 aliphatic rings. The van der Waals surface area contributed by atoms with Crippen molar-refractivity contribution in [2.45, 2.75) is 32.1 Å². The van der Waals surface area contributed by atoms with Gasteiger partial charge in [0.15, 0.2) is 5.82 Å². The Kier molecular flexibility index (Phi) is 7.12. The Bertz CT molecular complexity index is 1140. The molecule has 0 unspecified atom stereocenters. The Morgan fingerprint density at radius 3 is 2.32 bits per heavy atom. The molecule has 2 N–H and O–H groups in total. The molecule has 0 saturated carbocycles. The minimum absolute atomic E-state index is 0.0199. The summed E-state index contributed by atoms with van der Waals surface area (Å²) in [4.78, 5) is 20.2. The van der Waals surface area contributed by atoms with Gasteiger partial charge in [-0.15, -0.1) is 0 Å². The van der Waals surface area contributed by atoms with Crippen molar-refractivity contribution in [3.8, 4) is 5.82 Å². The Morgan fingerprint density at radius 1 is 1.00 bits per heavy atom. The number of rotatable bonds is 7. The van der Waals surface area contributed by atoms with Crippen molar-refractivity contribution in [2.24, 2.45) is 0 Å². The lowest BCUT2D eigenvalue weighted by atomic mass is 10.1. The highest BCUT2D eigenvalue weighted by atomic mass is 19.4. The number of nitrogens with one attached hydrogen (secondary N) is 2. The Balaban J connectivity index is 1.70. The first-order valence-electron chi connectivity index (χ1n) is 10.1. The molecule has 34 heavy (non-hydrogen) atoms. The van der Waals surface area contributed by atoms with Crippen LogP contribution < -0.4 is 10.6 Å². The number of halogens is 6. The molecule has 182 valence electrons. The van der Waals surface area contributed by atoms with Crippen LogP contribution in [0.4, 0.5) is 32.2 Å². The second-order valence-corrected chi connectivity index (χ2v) is 7.49. The fraction of sp³-hybridized carbons (Fsp3) is 0.333. The first-order chi connectivity index (χ1) is 15.9. The molecule has 13 heteroatoms. The van der Waals surface area contributed by atoms with Crippen LogP contribution in [0.15, 0.2) is 42.9 Å². The predicted octanol–water partition coefficient (Wildman–Crippen LogP) is 4.67. The summed E-state index contributed by atoms with van der Waals surface area (Å²) in [6, 6.07) is 4.09. The van der Waals surface area contributed by atoms with Gasteiger partial charge < -0.3 is 10.6 Å². The summed E-state index contributed by atoms with van der Waals surface area (Å²) in [5.41, 5.74) is -1.25. The largest absolute Gasteiger partial charge is 0.419 e. The minimum Gasteiger partial charge on any atom is -0.368 e. The van der Waals surface area contributed by atoms with Crippen LogP contribution in [0.2, 0.25) is 0 Å². The molecule has 0 atom stereocenters. The lowest BCUT2D eigenvalue weighted by Gasteiger charge is -2.14. The highest BCUT2D eigenvalue weighted by Crippen LogP contribution is 2.33. The van der Waals surface area contributed by atoms with E-state index in [1.165, 1.54) is 23.1 Å².